The van der Waals surface area contributed by atoms with Gasteiger partial charge < -0.3 is 10.6 Å². The van der Waals surface area contributed by atoms with Crippen LogP contribution in [0, 0.1) is 5.82 Å². The fourth-order valence-corrected chi connectivity index (χ4v) is 3.60. The van der Waals surface area contributed by atoms with Gasteiger partial charge in [-0.3, -0.25) is 9.89 Å². The molecule has 1 fully saturated rings. The van der Waals surface area contributed by atoms with Gasteiger partial charge >= 0.3 is 0 Å². The van der Waals surface area contributed by atoms with Crippen molar-refractivity contribution in [3.05, 3.63) is 48.0 Å². The molecule has 1 aliphatic rings. The second-order valence-corrected chi connectivity index (χ2v) is 7.05. The number of hydrogen-bond acceptors (Lipinski definition) is 3. The molecule has 0 amide bonds. The second-order valence-electron chi connectivity index (χ2n) is 7.05. The maximum atomic E-state index is 13.1. The van der Waals surface area contributed by atoms with Crippen molar-refractivity contribution in [3.63, 3.8) is 0 Å². The third-order valence-electron chi connectivity index (χ3n) is 5.12. The standard InChI is InChI=1S/C21H31FN6/c1-3-23-21(25-16-20-6-5-14-27(20)4-2)24-13-11-18-12-15-28(26-18)19-9-7-17(22)8-10-19/h7-10,12,15,20H,3-6,11,13-14,16H2,1-2H3,(H2,23,24,25). The lowest BCUT2D eigenvalue weighted by Crippen LogP contribution is -2.40. The summed E-state index contributed by atoms with van der Waals surface area (Å²) in [5.74, 6) is 0.624. The Balaban J connectivity index is 1.50. The van der Waals surface area contributed by atoms with Gasteiger partial charge in [-0.25, -0.2) is 9.07 Å². The molecule has 2 heterocycles. The molecule has 1 aliphatic heterocycles. The van der Waals surface area contributed by atoms with Crippen LogP contribution in [-0.4, -0.2) is 59.4 Å². The van der Waals surface area contributed by atoms with Crippen LogP contribution in [0.15, 0.2) is 41.5 Å². The van der Waals surface area contributed by atoms with E-state index in [-0.39, 0.29) is 5.82 Å². The van der Waals surface area contributed by atoms with E-state index < -0.39 is 0 Å². The molecule has 0 bridgehead atoms. The van der Waals surface area contributed by atoms with Crippen molar-refractivity contribution in [2.45, 2.75) is 39.2 Å². The van der Waals surface area contributed by atoms with Crippen LogP contribution in [0.25, 0.3) is 5.69 Å². The number of nitrogens with zero attached hydrogens (tertiary/aromatic N) is 4. The number of halogens is 1. The van der Waals surface area contributed by atoms with Crippen LogP contribution in [0.3, 0.4) is 0 Å². The zero-order valence-electron chi connectivity index (χ0n) is 16.9. The van der Waals surface area contributed by atoms with Crippen molar-refractivity contribution >= 4 is 5.96 Å². The van der Waals surface area contributed by atoms with E-state index in [0.29, 0.717) is 6.04 Å². The first-order valence-electron chi connectivity index (χ1n) is 10.3. The summed E-state index contributed by atoms with van der Waals surface area (Å²) in [5.41, 5.74) is 1.84. The minimum absolute atomic E-state index is 0.241. The molecule has 1 aromatic heterocycles. The van der Waals surface area contributed by atoms with E-state index in [2.05, 4.69) is 34.5 Å². The predicted molar refractivity (Wildman–Crippen MR) is 111 cm³/mol. The monoisotopic (exact) mass is 386 g/mol. The van der Waals surface area contributed by atoms with Crippen molar-refractivity contribution in [2.75, 3.05) is 32.7 Å². The Labute approximate surface area is 166 Å². The Bertz CT molecular complexity index is 755. The lowest BCUT2D eigenvalue weighted by molar-refractivity contribution is 0.273. The fourth-order valence-electron chi connectivity index (χ4n) is 3.60. The van der Waals surface area contributed by atoms with Gasteiger partial charge in [0.1, 0.15) is 5.82 Å². The number of aromatic nitrogens is 2. The van der Waals surface area contributed by atoms with Gasteiger partial charge in [0.15, 0.2) is 5.96 Å². The molecule has 1 aromatic carbocycles. The maximum absolute atomic E-state index is 13.1. The van der Waals surface area contributed by atoms with Crippen molar-refractivity contribution < 1.29 is 4.39 Å². The topological polar surface area (TPSA) is 57.5 Å². The largest absolute Gasteiger partial charge is 0.357 e. The average Bonchev–Trinajstić information content (AvgIpc) is 3.36. The molecule has 6 nitrogen and oxygen atoms in total. The first-order chi connectivity index (χ1) is 13.7. The highest BCUT2D eigenvalue weighted by Gasteiger charge is 2.22. The molecular formula is C21H31FN6. The third kappa shape index (κ3) is 5.55. The number of likely N-dealkylation sites (N-methyl/N-ethyl adjacent to an activating group) is 1. The van der Waals surface area contributed by atoms with Crippen LogP contribution in [-0.2, 0) is 6.42 Å². The molecule has 152 valence electrons. The number of likely N-dealkylation sites (tertiary alicyclic amines) is 1. The van der Waals surface area contributed by atoms with Crippen LogP contribution in [0.1, 0.15) is 32.4 Å². The number of guanidine groups is 1. The van der Waals surface area contributed by atoms with Gasteiger partial charge in [0.2, 0.25) is 0 Å². The zero-order valence-corrected chi connectivity index (χ0v) is 16.9. The quantitative estimate of drug-likeness (QED) is 0.541. The van der Waals surface area contributed by atoms with Gasteiger partial charge in [0.05, 0.1) is 17.9 Å². The van der Waals surface area contributed by atoms with Crippen LogP contribution >= 0.6 is 0 Å². The average molecular weight is 387 g/mol. The lowest BCUT2D eigenvalue weighted by Gasteiger charge is -2.21. The van der Waals surface area contributed by atoms with E-state index >= 15 is 0 Å². The predicted octanol–water partition coefficient (Wildman–Crippen LogP) is 2.59. The Kier molecular flexibility index (Phi) is 7.42. The minimum atomic E-state index is -0.241. The molecule has 1 saturated heterocycles. The molecule has 3 rings (SSSR count). The highest BCUT2D eigenvalue weighted by Crippen LogP contribution is 2.16. The van der Waals surface area contributed by atoms with Gasteiger partial charge in [-0.15, -0.1) is 0 Å². The second kappa shape index (κ2) is 10.2. The summed E-state index contributed by atoms with van der Waals surface area (Å²) in [6.07, 6.45) is 5.21. The Morgan fingerprint density at radius 2 is 2.04 bits per heavy atom. The maximum Gasteiger partial charge on any atom is 0.191 e. The number of benzene rings is 1. The van der Waals surface area contributed by atoms with Gasteiger partial charge in [-0.05, 0) is 63.2 Å². The SMILES string of the molecule is CCNC(=NCC1CCCN1CC)NCCc1ccn(-c2ccc(F)cc2)n1. The smallest absolute Gasteiger partial charge is 0.191 e. The van der Waals surface area contributed by atoms with Crippen LogP contribution in [0.4, 0.5) is 4.39 Å². The molecule has 0 saturated carbocycles. The number of nitrogens with one attached hydrogen (secondary N) is 2. The van der Waals surface area contributed by atoms with Crippen molar-refractivity contribution in [3.8, 4) is 5.69 Å². The van der Waals surface area contributed by atoms with E-state index in [9.17, 15) is 4.39 Å². The summed E-state index contributed by atoms with van der Waals surface area (Å²) in [4.78, 5) is 7.29. The molecule has 2 aromatic rings. The molecular weight excluding hydrogens is 355 g/mol. The van der Waals surface area contributed by atoms with Gasteiger partial charge in [0.25, 0.3) is 0 Å². The summed E-state index contributed by atoms with van der Waals surface area (Å²) in [7, 11) is 0. The van der Waals surface area contributed by atoms with Gasteiger partial charge in [-0.2, -0.15) is 5.10 Å². The molecule has 1 unspecified atom stereocenters. The highest BCUT2D eigenvalue weighted by atomic mass is 19.1. The summed E-state index contributed by atoms with van der Waals surface area (Å²) < 4.78 is 14.8. The Morgan fingerprint density at radius 3 is 2.79 bits per heavy atom. The van der Waals surface area contributed by atoms with Crippen LogP contribution in [0.5, 0.6) is 0 Å². The van der Waals surface area contributed by atoms with Gasteiger partial charge in [-0.1, -0.05) is 6.92 Å². The fraction of sp³-hybridized carbons (Fsp3) is 0.524. The Hall–Kier alpha value is -2.41. The van der Waals surface area contributed by atoms with E-state index in [0.717, 1.165) is 49.9 Å². The molecule has 28 heavy (non-hydrogen) atoms. The number of aliphatic imine (C=N–C) groups is 1. The highest BCUT2D eigenvalue weighted by molar-refractivity contribution is 5.79. The number of hydrogen-bond donors (Lipinski definition) is 2. The number of rotatable bonds is 8. The third-order valence-corrected chi connectivity index (χ3v) is 5.12. The summed E-state index contributed by atoms with van der Waals surface area (Å²) >= 11 is 0. The molecule has 0 radical (unpaired) electrons. The van der Waals surface area contributed by atoms with Crippen LogP contribution < -0.4 is 10.6 Å². The molecule has 1 atom stereocenters. The summed E-state index contributed by atoms with van der Waals surface area (Å²) in [6, 6.07) is 8.90. The van der Waals surface area contributed by atoms with E-state index in [4.69, 9.17) is 4.99 Å². The molecule has 2 N–H and O–H groups in total. The van der Waals surface area contributed by atoms with E-state index in [1.165, 1.54) is 31.5 Å². The summed E-state index contributed by atoms with van der Waals surface area (Å²) in [6.45, 7) is 9.02. The molecule has 7 heteroatoms. The van der Waals surface area contributed by atoms with Gasteiger partial charge in [0, 0.05) is 31.7 Å². The van der Waals surface area contributed by atoms with Crippen molar-refractivity contribution in [1.82, 2.24) is 25.3 Å². The molecule has 0 aliphatic carbocycles. The normalized spacial score (nSPS) is 17.8. The van der Waals surface area contributed by atoms with Crippen LogP contribution in [0.2, 0.25) is 0 Å². The van der Waals surface area contributed by atoms with E-state index in [1.54, 1.807) is 16.8 Å². The summed E-state index contributed by atoms with van der Waals surface area (Å²) in [5, 5.41) is 11.3. The van der Waals surface area contributed by atoms with Crippen molar-refractivity contribution in [1.29, 1.82) is 0 Å². The minimum Gasteiger partial charge on any atom is -0.357 e. The van der Waals surface area contributed by atoms with Crippen molar-refractivity contribution in [2.24, 2.45) is 4.99 Å². The Morgan fingerprint density at radius 1 is 1.21 bits per heavy atom. The lowest BCUT2D eigenvalue weighted by atomic mass is 10.2. The first-order valence-corrected chi connectivity index (χ1v) is 10.3. The zero-order chi connectivity index (χ0) is 19.8. The molecule has 0 spiro atoms. The first kappa shape index (κ1) is 20.3. The van der Waals surface area contributed by atoms with E-state index in [1.807, 2.05) is 12.3 Å².